The second-order valence-electron chi connectivity index (χ2n) is 8.11. The molecule has 0 spiro atoms. The van der Waals surface area contributed by atoms with Crippen molar-refractivity contribution in [3.8, 4) is 0 Å². The van der Waals surface area contributed by atoms with Crippen LogP contribution in [0, 0.1) is 12.8 Å². The minimum absolute atomic E-state index is 0. The molecule has 0 saturated carbocycles. The number of aromatic nitrogens is 2. The standard InChI is InChI=1S/C21H29N5O2.ClH/c1-15-5-3-10-26-19(27)11-17(24-20(15)26)14-25-9-4-6-16(13-25)12-23-21(28)18-7-2-8-22-18;/h3,5,10-11,16,18,22H,2,4,6-9,12-14H2,1H3,(H,23,28);1H. The fourth-order valence-electron chi connectivity index (χ4n) is 4.36. The number of halogens is 1. The van der Waals surface area contributed by atoms with Gasteiger partial charge in [0.15, 0.2) is 0 Å². The molecule has 1 amide bonds. The van der Waals surface area contributed by atoms with Crippen molar-refractivity contribution in [3.05, 3.63) is 46.0 Å². The van der Waals surface area contributed by atoms with Gasteiger partial charge in [-0.05, 0) is 63.2 Å². The fourth-order valence-corrected chi connectivity index (χ4v) is 4.36. The number of aryl methyl sites for hydroxylation is 1. The van der Waals surface area contributed by atoms with Crippen LogP contribution in [0.15, 0.2) is 29.2 Å². The van der Waals surface area contributed by atoms with Crippen molar-refractivity contribution in [1.29, 1.82) is 0 Å². The Bertz CT molecular complexity index is 910. The SMILES string of the molecule is Cc1cccn2c(=O)cc(CN3CCCC(CNC(=O)C4CCCN4)C3)nc12.Cl. The Morgan fingerprint density at radius 2 is 2.21 bits per heavy atom. The number of pyridine rings is 1. The van der Waals surface area contributed by atoms with Gasteiger partial charge in [-0.1, -0.05) is 6.07 Å². The second-order valence-corrected chi connectivity index (χ2v) is 8.11. The van der Waals surface area contributed by atoms with Gasteiger partial charge in [-0.25, -0.2) is 4.98 Å². The Morgan fingerprint density at radius 1 is 1.34 bits per heavy atom. The number of piperidine rings is 1. The van der Waals surface area contributed by atoms with Gasteiger partial charge >= 0.3 is 0 Å². The van der Waals surface area contributed by atoms with Gasteiger partial charge in [0.05, 0.1) is 11.7 Å². The number of nitrogens with zero attached hydrogens (tertiary/aromatic N) is 3. The van der Waals surface area contributed by atoms with Gasteiger partial charge < -0.3 is 10.6 Å². The first-order valence-corrected chi connectivity index (χ1v) is 10.3. The highest BCUT2D eigenvalue weighted by atomic mass is 35.5. The minimum atomic E-state index is -0.0337. The molecular weight excluding hydrogens is 390 g/mol. The highest BCUT2D eigenvalue weighted by molar-refractivity contribution is 5.85. The number of likely N-dealkylation sites (tertiary alicyclic amines) is 1. The minimum Gasteiger partial charge on any atom is -0.354 e. The third kappa shape index (κ3) is 5.15. The van der Waals surface area contributed by atoms with Crippen LogP contribution in [0.2, 0.25) is 0 Å². The summed E-state index contributed by atoms with van der Waals surface area (Å²) >= 11 is 0. The monoisotopic (exact) mass is 419 g/mol. The predicted octanol–water partition coefficient (Wildman–Crippen LogP) is 1.50. The molecule has 2 unspecified atom stereocenters. The largest absolute Gasteiger partial charge is 0.354 e. The van der Waals surface area contributed by atoms with Crippen LogP contribution in [0.5, 0.6) is 0 Å². The fraction of sp³-hybridized carbons (Fsp3) is 0.571. The molecule has 2 N–H and O–H groups in total. The number of fused-ring (bicyclic) bond motifs is 1. The highest BCUT2D eigenvalue weighted by Gasteiger charge is 2.25. The van der Waals surface area contributed by atoms with E-state index in [1.165, 1.54) is 0 Å². The van der Waals surface area contributed by atoms with Gasteiger partial charge in [-0.2, -0.15) is 0 Å². The first-order valence-electron chi connectivity index (χ1n) is 10.3. The maximum absolute atomic E-state index is 12.4. The summed E-state index contributed by atoms with van der Waals surface area (Å²) in [6.45, 7) is 6.24. The van der Waals surface area contributed by atoms with E-state index in [0.717, 1.165) is 68.8 Å². The Morgan fingerprint density at radius 3 is 3.00 bits per heavy atom. The topological polar surface area (TPSA) is 78.7 Å². The molecular formula is C21H30ClN5O2. The molecule has 4 heterocycles. The van der Waals surface area contributed by atoms with Crippen LogP contribution in [0.25, 0.3) is 5.65 Å². The number of carbonyl (C=O) groups excluding carboxylic acids is 1. The van der Waals surface area contributed by atoms with Gasteiger partial charge in [0.2, 0.25) is 5.91 Å². The van der Waals surface area contributed by atoms with E-state index in [1.54, 1.807) is 16.7 Å². The Kier molecular flexibility index (Phi) is 7.27. The maximum atomic E-state index is 12.4. The summed E-state index contributed by atoms with van der Waals surface area (Å²) in [5, 5.41) is 6.37. The molecule has 2 fully saturated rings. The molecule has 8 heteroatoms. The van der Waals surface area contributed by atoms with E-state index < -0.39 is 0 Å². The van der Waals surface area contributed by atoms with Gasteiger partial charge in [0.25, 0.3) is 5.56 Å². The summed E-state index contributed by atoms with van der Waals surface area (Å²) in [4.78, 5) is 31.7. The predicted molar refractivity (Wildman–Crippen MR) is 115 cm³/mol. The zero-order chi connectivity index (χ0) is 19.5. The molecule has 2 aromatic heterocycles. The Balaban J connectivity index is 0.00000240. The number of nitrogens with one attached hydrogen (secondary N) is 2. The molecule has 4 rings (SSSR count). The third-order valence-electron chi connectivity index (χ3n) is 5.87. The molecule has 2 saturated heterocycles. The lowest BCUT2D eigenvalue weighted by Gasteiger charge is -2.32. The number of carbonyl (C=O) groups is 1. The first-order chi connectivity index (χ1) is 13.6. The van der Waals surface area contributed by atoms with Crippen LogP contribution in [0.4, 0.5) is 0 Å². The van der Waals surface area contributed by atoms with E-state index >= 15 is 0 Å². The van der Waals surface area contributed by atoms with E-state index in [1.807, 2.05) is 19.1 Å². The molecule has 2 aliphatic rings. The van der Waals surface area contributed by atoms with Crippen molar-refractivity contribution < 1.29 is 4.79 Å². The second kappa shape index (κ2) is 9.69. The molecule has 158 valence electrons. The van der Waals surface area contributed by atoms with Crippen molar-refractivity contribution in [1.82, 2.24) is 24.9 Å². The van der Waals surface area contributed by atoms with E-state index in [2.05, 4.69) is 15.5 Å². The Hall–Kier alpha value is -1.96. The molecule has 7 nitrogen and oxygen atoms in total. The van der Waals surface area contributed by atoms with Crippen molar-refractivity contribution in [2.45, 2.75) is 45.2 Å². The number of hydrogen-bond donors (Lipinski definition) is 2. The molecule has 0 radical (unpaired) electrons. The molecule has 0 bridgehead atoms. The van der Waals surface area contributed by atoms with Gasteiger partial charge in [-0.15, -0.1) is 12.4 Å². The summed E-state index contributed by atoms with van der Waals surface area (Å²) in [5.74, 6) is 0.580. The van der Waals surface area contributed by atoms with E-state index in [0.29, 0.717) is 12.5 Å². The number of rotatable bonds is 5. The molecule has 0 aromatic carbocycles. The molecule has 2 aromatic rings. The van der Waals surface area contributed by atoms with Crippen LogP contribution < -0.4 is 16.2 Å². The van der Waals surface area contributed by atoms with Gasteiger partial charge in [0, 0.05) is 31.9 Å². The summed E-state index contributed by atoms with van der Waals surface area (Å²) in [6.07, 6.45) is 6.01. The normalized spacial score (nSPS) is 22.4. The van der Waals surface area contributed by atoms with Crippen molar-refractivity contribution in [2.75, 3.05) is 26.2 Å². The van der Waals surface area contributed by atoms with E-state index in [9.17, 15) is 9.59 Å². The lowest BCUT2D eigenvalue weighted by molar-refractivity contribution is -0.123. The molecule has 0 aliphatic carbocycles. The summed E-state index contributed by atoms with van der Waals surface area (Å²) in [5.41, 5.74) is 2.52. The van der Waals surface area contributed by atoms with Gasteiger partial charge in [0.1, 0.15) is 5.65 Å². The average molecular weight is 420 g/mol. The van der Waals surface area contributed by atoms with Crippen LogP contribution in [-0.2, 0) is 11.3 Å². The zero-order valence-electron chi connectivity index (χ0n) is 16.9. The van der Waals surface area contributed by atoms with Crippen molar-refractivity contribution in [3.63, 3.8) is 0 Å². The van der Waals surface area contributed by atoms with Crippen LogP contribution >= 0.6 is 12.4 Å². The molecule has 29 heavy (non-hydrogen) atoms. The highest BCUT2D eigenvalue weighted by Crippen LogP contribution is 2.18. The zero-order valence-corrected chi connectivity index (χ0v) is 17.7. The van der Waals surface area contributed by atoms with Crippen molar-refractivity contribution >= 4 is 24.0 Å². The van der Waals surface area contributed by atoms with Crippen LogP contribution in [0.1, 0.15) is 36.9 Å². The van der Waals surface area contributed by atoms with E-state index in [-0.39, 0.29) is 29.9 Å². The summed E-state index contributed by atoms with van der Waals surface area (Å²) < 4.78 is 1.60. The third-order valence-corrected chi connectivity index (χ3v) is 5.87. The van der Waals surface area contributed by atoms with Gasteiger partial charge in [-0.3, -0.25) is 18.9 Å². The smallest absolute Gasteiger partial charge is 0.258 e. The Labute approximate surface area is 177 Å². The quantitative estimate of drug-likeness (QED) is 0.768. The lowest BCUT2D eigenvalue weighted by atomic mass is 9.97. The maximum Gasteiger partial charge on any atom is 0.258 e. The first kappa shape index (κ1) is 21.7. The number of hydrogen-bond acceptors (Lipinski definition) is 5. The van der Waals surface area contributed by atoms with Crippen molar-refractivity contribution in [2.24, 2.45) is 5.92 Å². The molecule has 2 atom stereocenters. The van der Waals surface area contributed by atoms with E-state index in [4.69, 9.17) is 4.98 Å². The van der Waals surface area contributed by atoms with Crippen LogP contribution in [-0.4, -0.2) is 52.4 Å². The average Bonchev–Trinajstić information content (AvgIpc) is 3.22. The lowest BCUT2D eigenvalue weighted by Crippen LogP contribution is -2.45. The van der Waals surface area contributed by atoms with Crippen LogP contribution in [0.3, 0.4) is 0 Å². The molecule has 2 aliphatic heterocycles. The number of amides is 1. The summed E-state index contributed by atoms with van der Waals surface area (Å²) in [7, 11) is 0. The summed E-state index contributed by atoms with van der Waals surface area (Å²) in [6, 6.07) is 5.47.